The summed E-state index contributed by atoms with van der Waals surface area (Å²) in [4.78, 5) is 19.7. The van der Waals surface area contributed by atoms with Gasteiger partial charge in [-0.15, -0.1) is 0 Å². The minimum atomic E-state index is -0.290. The fourth-order valence-electron chi connectivity index (χ4n) is 3.61. The SMILES string of the molecule is N#Cc1ccc(OC2CCC(NC(=O)c3cc(-c4ccc(F)cc4)c[nH]3)CC2)nc1. The Morgan fingerprint density at radius 3 is 2.57 bits per heavy atom. The third-order valence-electron chi connectivity index (χ3n) is 5.27. The monoisotopic (exact) mass is 404 g/mol. The van der Waals surface area contributed by atoms with E-state index < -0.39 is 0 Å². The van der Waals surface area contributed by atoms with Crippen LogP contribution in [-0.4, -0.2) is 28.0 Å². The van der Waals surface area contributed by atoms with Crippen molar-refractivity contribution in [2.75, 3.05) is 0 Å². The van der Waals surface area contributed by atoms with Gasteiger partial charge in [-0.3, -0.25) is 4.79 Å². The number of carbonyl (C=O) groups is 1. The minimum Gasteiger partial charge on any atom is -0.474 e. The molecular weight excluding hydrogens is 383 g/mol. The highest BCUT2D eigenvalue weighted by Crippen LogP contribution is 2.24. The molecule has 1 aliphatic rings. The lowest BCUT2D eigenvalue weighted by atomic mass is 9.93. The molecule has 2 N–H and O–H groups in total. The summed E-state index contributed by atoms with van der Waals surface area (Å²) in [5.41, 5.74) is 2.67. The van der Waals surface area contributed by atoms with E-state index >= 15 is 0 Å². The van der Waals surface area contributed by atoms with Crippen molar-refractivity contribution in [2.45, 2.75) is 37.8 Å². The van der Waals surface area contributed by atoms with Crippen LogP contribution in [-0.2, 0) is 0 Å². The van der Waals surface area contributed by atoms with Crippen molar-refractivity contribution in [3.8, 4) is 23.1 Å². The number of nitrogens with one attached hydrogen (secondary N) is 2. The van der Waals surface area contributed by atoms with Crippen LogP contribution in [0.5, 0.6) is 5.88 Å². The van der Waals surface area contributed by atoms with Gasteiger partial charge in [0.2, 0.25) is 5.88 Å². The topological polar surface area (TPSA) is 90.8 Å². The van der Waals surface area contributed by atoms with E-state index in [1.807, 2.05) is 6.07 Å². The number of carbonyl (C=O) groups excluding carboxylic acids is 1. The normalized spacial score (nSPS) is 18.4. The van der Waals surface area contributed by atoms with Gasteiger partial charge in [-0.05, 0) is 61.1 Å². The number of rotatable bonds is 5. The van der Waals surface area contributed by atoms with Gasteiger partial charge in [0.1, 0.15) is 23.7 Å². The van der Waals surface area contributed by atoms with Crippen molar-refractivity contribution < 1.29 is 13.9 Å². The lowest BCUT2D eigenvalue weighted by Gasteiger charge is -2.29. The standard InChI is InChI=1S/C23H21FN4O2/c24-18-4-2-16(3-5-18)17-11-21(26-14-17)23(29)28-19-6-8-20(9-7-19)30-22-10-1-15(12-25)13-27-22/h1-5,10-11,13-14,19-20,26H,6-9H2,(H,28,29). The first kappa shape index (κ1) is 19.6. The molecule has 0 spiro atoms. The van der Waals surface area contributed by atoms with E-state index in [2.05, 4.69) is 15.3 Å². The number of pyridine rings is 1. The van der Waals surface area contributed by atoms with Crippen LogP contribution in [0.2, 0.25) is 0 Å². The first-order valence-corrected chi connectivity index (χ1v) is 9.89. The Kier molecular flexibility index (Phi) is 5.75. The Bertz CT molecular complexity index is 1050. The maximum atomic E-state index is 13.1. The molecule has 0 aliphatic heterocycles. The molecule has 0 saturated heterocycles. The number of ether oxygens (including phenoxy) is 1. The number of H-pyrrole nitrogens is 1. The highest BCUT2D eigenvalue weighted by Gasteiger charge is 2.24. The molecule has 152 valence electrons. The van der Waals surface area contributed by atoms with E-state index in [0.717, 1.165) is 36.8 Å². The van der Waals surface area contributed by atoms with Crippen molar-refractivity contribution in [1.29, 1.82) is 5.26 Å². The minimum absolute atomic E-state index is 0.0501. The number of amides is 1. The Morgan fingerprint density at radius 1 is 1.13 bits per heavy atom. The number of hydrogen-bond acceptors (Lipinski definition) is 4. The van der Waals surface area contributed by atoms with Gasteiger partial charge in [0.15, 0.2) is 0 Å². The van der Waals surface area contributed by atoms with Crippen LogP contribution < -0.4 is 10.1 Å². The molecule has 30 heavy (non-hydrogen) atoms. The van der Waals surface area contributed by atoms with Crippen LogP contribution in [0.25, 0.3) is 11.1 Å². The molecule has 2 aromatic heterocycles. The van der Waals surface area contributed by atoms with Crippen LogP contribution in [0.3, 0.4) is 0 Å². The molecule has 3 aromatic rings. The fraction of sp³-hybridized carbons (Fsp3) is 0.261. The zero-order valence-electron chi connectivity index (χ0n) is 16.3. The van der Waals surface area contributed by atoms with Gasteiger partial charge in [-0.1, -0.05) is 12.1 Å². The summed E-state index contributed by atoms with van der Waals surface area (Å²) in [6.45, 7) is 0. The summed E-state index contributed by atoms with van der Waals surface area (Å²) in [5, 5.41) is 11.9. The number of nitriles is 1. The Balaban J connectivity index is 1.28. The average molecular weight is 404 g/mol. The highest BCUT2D eigenvalue weighted by molar-refractivity contribution is 5.94. The Labute approximate surface area is 173 Å². The average Bonchev–Trinajstić information content (AvgIpc) is 3.27. The van der Waals surface area contributed by atoms with Crippen molar-refractivity contribution in [2.24, 2.45) is 0 Å². The maximum absolute atomic E-state index is 13.1. The van der Waals surface area contributed by atoms with Crippen LogP contribution >= 0.6 is 0 Å². The predicted molar refractivity (Wildman–Crippen MR) is 109 cm³/mol. The van der Waals surface area contributed by atoms with Gasteiger partial charge >= 0.3 is 0 Å². The number of aromatic amines is 1. The number of halogens is 1. The Hall–Kier alpha value is -3.66. The summed E-state index contributed by atoms with van der Waals surface area (Å²) in [6, 6.07) is 13.4. The van der Waals surface area contributed by atoms with Crippen molar-refractivity contribution >= 4 is 5.91 Å². The number of nitrogens with zero attached hydrogens (tertiary/aromatic N) is 2. The second-order valence-electron chi connectivity index (χ2n) is 7.37. The zero-order valence-corrected chi connectivity index (χ0v) is 16.3. The Morgan fingerprint density at radius 2 is 1.90 bits per heavy atom. The summed E-state index contributed by atoms with van der Waals surface area (Å²) in [5.74, 6) is 0.0736. The fourth-order valence-corrected chi connectivity index (χ4v) is 3.61. The lowest BCUT2D eigenvalue weighted by Crippen LogP contribution is -2.39. The van der Waals surface area contributed by atoms with E-state index in [9.17, 15) is 9.18 Å². The highest BCUT2D eigenvalue weighted by atomic mass is 19.1. The molecule has 1 fully saturated rings. The van der Waals surface area contributed by atoms with Crippen LogP contribution in [0.15, 0.2) is 54.9 Å². The largest absolute Gasteiger partial charge is 0.474 e. The summed E-state index contributed by atoms with van der Waals surface area (Å²) < 4.78 is 19.0. The van der Waals surface area contributed by atoms with Crippen LogP contribution in [0.1, 0.15) is 41.7 Å². The second kappa shape index (κ2) is 8.78. The molecule has 7 heteroatoms. The molecule has 1 aliphatic carbocycles. The molecule has 1 saturated carbocycles. The molecule has 0 radical (unpaired) electrons. The summed E-state index contributed by atoms with van der Waals surface area (Å²) in [6.07, 6.45) is 6.57. The van der Waals surface area contributed by atoms with Gasteiger partial charge in [0, 0.05) is 24.5 Å². The first-order valence-electron chi connectivity index (χ1n) is 9.89. The third kappa shape index (κ3) is 4.66. The number of hydrogen-bond donors (Lipinski definition) is 2. The van der Waals surface area contributed by atoms with Crippen LogP contribution in [0.4, 0.5) is 4.39 Å². The molecule has 1 amide bonds. The number of benzene rings is 1. The van der Waals surface area contributed by atoms with Gasteiger partial charge in [0.25, 0.3) is 5.91 Å². The smallest absolute Gasteiger partial charge is 0.267 e. The van der Waals surface area contributed by atoms with E-state index in [4.69, 9.17) is 10.00 Å². The quantitative estimate of drug-likeness (QED) is 0.667. The predicted octanol–water partition coefficient (Wildman–Crippen LogP) is 4.21. The molecule has 2 heterocycles. The molecule has 1 aromatic carbocycles. The first-order chi connectivity index (χ1) is 14.6. The summed E-state index contributed by atoms with van der Waals surface area (Å²) in [7, 11) is 0. The van der Waals surface area contributed by atoms with Gasteiger partial charge < -0.3 is 15.0 Å². The molecule has 4 rings (SSSR count). The third-order valence-corrected chi connectivity index (χ3v) is 5.27. The van der Waals surface area contributed by atoms with E-state index in [0.29, 0.717) is 17.1 Å². The van der Waals surface area contributed by atoms with E-state index in [-0.39, 0.29) is 23.9 Å². The molecule has 0 atom stereocenters. The van der Waals surface area contributed by atoms with Crippen molar-refractivity contribution in [3.63, 3.8) is 0 Å². The van der Waals surface area contributed by atoms with E-state index in [1.54, 1.807) is 36.5 Å². The lowest BCUT2D eigenvalue weighted by molar-refractivity contribution is 0.0886. The van der Waals surface area contributed by atoms with Gasteiger partial charge in [-0.2, -0.15) is 5.26 Å². The van der Waals surface area contributed by atoms with Crippen molar-refractivity contribution in [3.05, 3.63) is 71.9 Å². The molecule has 6 nitrogen and oxygen atoms in total. The van der Waals surface area contributed by atoms with Gasteiger partial charge in [-0.25, -0.2) is 9.37 Å². The van der Waals surface area contributed by atoms with Gasteiger partial charge in [0.05, 0.1) is 5.56 Å². The second-order valence-corrected chi connectivity index (χ2v) is 7.37. The number of aromatic nitrogens is 2. The summed E-state index contributed by atoms with van der Waals surface area (Å²) >= 11 is 0. The van der Waals surface area contributed by atoms with Crippen molar-refractivity contribution in [1.82, 2.24) is 15.3 Å². The maximum Gasteiger partial charge on any atom is 0.267 e. The molecular formula is C23H21FN4O2. The van der Waals surface area contributed by atoms with E-state index in [1.165, 1.54) is 18.3 Å². The molecule has 0 unspecified atom stereocenters. The zero-order chi connectivity index (χ0) is 20.9. The van der Waals surface area contributed by atoms with Crippen LogP contribution in [0, 0.1) is 17.1 Å². The molecule has 0 bridgehead atoms.